The highest BCUT2D eigenvalue weighted by Crippen LogP contribution is 2.45. The lowest BCUT2D eigenvalue weighted by Crippen LogP contribution is -2.57. The Kier molecular flexibility index (Phi) is 12.4. The summed E-state index contributed by atoms with van der Waals surface area (Å²) in [6.07, 6.45) is 14.1. The number of carbonyl (C=O) groups excluding carboxylic acids is 3. The third-order valence-electron chi connectivity index (χ3n) is 13.5. The van der Waals surface area contributed by atoms with Gasteiger partial charge in [0, 0.05) is 43.8 Å². The number of aliphatic carboxylic acids is 1. The van der Waals surface area contributed by atoms with Crippen LogP contribution in [0.15, 0.2) is 12.2 Å². The molecule has 4 aliphatic heterocycles. The fraction of sp³-hybridized carbons (Fsp3) is 0.842. The molecule has 0 aromatic carbocycles. The summed E-state index contributed by atoms with van der Waals surface area (Å²) < 4.78 is 5.67. The molecular weight excluding hydrogens is 699 g/mol. The summed E-state index contributed by atoms with van der Waals surface area (Å²) in [5.74, 6) is -1.52. The minimum atomic E-state index is -1.39. The van der Waals surface area contributed by atoms with Crippen molar-refractivity contribution in [3.05, 3.63) is 12.2 Å². The first-order valence-corrected chi connectivity index (χ1v) is 21.3. The van der Waals surface area contributed by atoms with Gasteiger partial charge < -0.3 is 35.8 Å². The van der Waals surface area contributed by atoms with Crippen LogP contribution >= 0.6 is 11.8 Å². The SMILES string of the molecule is COC1CCC(C2NN([C@@H]3C[C@H]4C(=O)N[C@@]5(C(=O)O)C[C@H]5/C=C\CCCCC[C@@H](NC(=O)C5CCCC(O)C5C)C(=O)N4C3)NC2C2NCCS2)CC1. The third-order valence-corrected chi connectivity index (χ3v) is 14.8. The second-order valence-corrected chi connectivity index (χ2v) is 18.0. The molecule has 0 spiro atoms. The number of thioether (sulfide) groups is 1. The summed E-state index contributed by atoms with van der Waals surface area (Å²) >= 11 is 1.91. The summed E-state index contributed by atoms with van der Waals surface area (Å²) in [5, 5.41) is 32.7. The number of hydrogen-bond donors (Lipinski definition) is 7. The highest BCUT2D eigenvalue weighted by molar-refractivity contribution is 8.00. The maximum atomic E-state index is 14.8. The number of fused-ring (bicyclic) bond motifs is 2. The molecule has 0 radical (unpaired) electrons. The van der Waals surface area contributed by atoms with E-state index in [0.717, 1.165) is 70.1 Å². The van der Waals surface area contributed by atoms with Crippen LogP contribution in [0.5, 0.6) is 0 Å². The number of carbonyl (C=O) groups is 4. The Balaban J connectivity index is 1.14. The summed E-state index contributed by atoms with van der Waals surface area (Å²) in [6, 6.07) is -1.77. The molecule has 53 heavy (non-hydrogen) atoms. The zero-order chi connectivity index (χ0) is 37.3. The number of carboxylic acid groups (broad SMARTS) is 1. The topological polar surface area (TPSA) is 185 Å². The molecule has 0 aromatic heterocycles. The van der Waals surface area contributed by atoms with Crippen LogP contribution in [0, 0.1) is 23.7 Å². The van der Waals surface area contributed by atoms with Gasteiger partial charge in [-0.2, -0.15) is 5.12 Å². The third kappa shape index (κ3) is 8.31. The van der Waals surface area contributed by atoms with Crippen molar-refractivity contribution in [2.75, 3.05) is 26.0 Å². The fourth-order valence-electron chi connectivity index (χ4n) is 10.00. The molecule has 6 fully saturated rings. The molecule has 7 aliphatic rings. The van der Waals surface area contributed by atoms with Crippen molar-refractivity contribution < 1.29 is 34.1 Å². The van der Waals surface area contributed by atoms with Crippen LogP contribution in [0.1, 0.15) is 96.8 Å². The molecule has 7 rings (SSSR count). The van der Waals surface area contributed by atoms with E-state index in [4.69, 9.17) is 4.74 Å². The number of methoxy groups -OCH3 is 1. The molecule has 11 atom stereocenters. The van der Waals surface area contributed by atoms with E-state index in [0.29, 0.717) is 38.0 Å². The molecule has 3 amide bonds. The number of carboxylic acids is 1. The van der Waals surface area contributed by atoms with E-state index in [1.54, 1.807) is 12.0 Å². The summed E-state index contributed by atoms with van der Waals surface area (Å²) in [7, 11) is 1.79. The van der Waals surface area contributed by atoms with Gasteiger partial charge in [0.25, 0.3) is 0 Å². The van der Waals surface area contributed by atoms with E-state index in [1.807, 2.05) is 36.0 Å². The molecule has 4 heterocycles. The number of nitrogens with zero attached hydrogens (tertiary/aromatic N) is 2. The lowest BCUT2D eigenvalue weighted by atomic mass is 9.78. The number of aliphatic hydroxyl groups excluding tert-OH is 1. The van der Waals surface area contributed by atoms with Gasteiger partial charge in [0.1, 0.15) is 17.6 Å². The van der Waals surface area contributed by atoms with Crippen LogP contribution in [-0.4, -0.2) is 123 Å². The summed E-state index contributed by atoms with van der Waals surface area (Å²) in [6.45, 7) is 3.08. The van der Waals surface area contributed by atoms with Gasteiger partial charge in [-0.25, -0.2) is 15.6 Å². The van der Waals surface area contributed by atoms with Crippen LogP contribution in [0.2, 0.25) is 0 Å². The lowest BCUT2D eigenvalue weighted by molar-refractivity contribution is -0.146. The van der Waals surface area contributed by atoms with E-state index < -0.39 is 41.5 Å². The number of ether oxygens (including phenoxy) is 1. The molecule has 6 unspecified atom stereocenters. The number of rotatable bonds is 7. The monoisotopic (exact) mass is 759 g/mol. The predicted octanol–water partition coefficient (Wildman–Crippen LogP) is 1.65. The van der Waals surface area contributed by atoms with Crippen molar-refractivity contribution >= 4 is 35.5 Å². The van der Waals surface area contributed by atoms with Gasteiger partial charge in [0.15, 0.2) is 0 Å². The smallest absolute Gasteiger partial charge is 0.330 e. The number of hydrazine groups is 2. The molecule has 7 N–H and O–H groups in total. The minimum Gasteiger partial charge on any atom is -0.479 e. The van der Waals surface area contributed by atoms with E-state index >= 15 is 0 Å². The van der Waals surface area contributed by atoms with Crippen molar-refractivity contribution in [1.82, 2.24) is 36.8 Å². The Morgan fingerprint density at radius 2 is 1.81 bits per heavy atom. The summed E-state index contributed by atoms with van der Waals surface area (Å²) in [4.78, 5) is 57.0. The van der Waals surface area contributed by atoms with E-state index in [9.17, 15) is 29.4 Å². The van der Waals surface area contributed by atoms with E-state index in [2.05, 4.69) is 26.8 Å². The Morgan fingerprint density at radius 1 is 1.02 bits per heavy atom. The number of aliphatic hydroxyl groups is 1. The molecule has 3 aliphatic carbocycles. The normalized spacial score (nSPS) is 43.6. The average molecular weight is 760 g/mol. The van der Waals surface area contributed by atoms with Crippen LogP contribution < -0.4 is 26.8 Å². The van der Waals surface area contributed by atoms with Crippen molar-refractivity contribution in [3.8, 4) is 0 Å². The molecular formula is C38H61N7O7S. The Labute approximate surface area is 317 Å². The largest absolute Gasteiger partial charge is 0.479 e. The molecule has 0 bridgehead atoms. The Hall–Kier alpha value is -2.27. The zero-order valence-corrected chi connectivity index (χ0v) is 32.2. The van der Waals surface area contributed by atoms with Crippen molar-refractivity contribution in [1.29, 1.82) is 0 Å². The summed E-state index contributed by atoms with van der Waals surface area (Å²) in [5.41, 5.74) is 6.18. The Morgan fingerprint density at radius 3 is 2.55 bits per heavy atom. The van der Waals surface area contributed by atoms with Gasteiger partial charge in [-0.05, 0) is 82.5 Å². The molecule has 0 aromatic rings. The molecule has 14 nitrogen and oxygen atoms in total. The molecule has 15 heteroatoms. The van der Waals surface area contributed by atoms with Crippen molar-refractivity contribution in [2.45, 2.75) is 150 Å². The predicted molar refractivity (Wildman–Crippen MR) is 200 cm³/mol. The molecule has 3 saturated heterocycles. The van der Waals surface area contributed by atoms with Crippen LogP contribution in [0.3, 0.4) is 0 Å². The fourth-order valence-corrected chi connectivity index (χ4v) is 11.2. The minimum absolute atomic E-state index is 0.100. The van der Waals surface area contributed by atoms with Gasteiger partial charge in [-0.15, -0.1) is 11.8 Å². The van der Waals surface area contributed by atoms with Crippen LogP contribution in [0.25, 0.3) is 0 Å². The van der Waals surface area contributed by atoms with Gasteiger partial charge in [-0.1, -0.05) is 38.3 Å². The van der Waals surface area contributed by atoms with Gasteiger partial charge >= 0.3 is 5.97 Å². The van der Waals surface area contributed by atoms with Gasteiger partial charge in [-0.3, -0.25) is 14.4 Å². The molecule has 3 saturated carbocycles. The first kappa shape index (κ1) is 39.0. The highest BCUT2D eigenvalue weighted by Gasteiger charge is 2.62. The molecule has 296 valence electrons. The number of hydrogen-bond acceptors (Lipinski definition) is 11. The number of allylic oxidation sites excluding steroid dienone is 1. The van der Waals surface area contributed by atoms with Crippen molar-refractivity contribution in [3.63, 3.8) is 0 Å². The first-order chi connectivity index (χ1) is 25.6. The maximum Gasteiger partial charge on any atom is 0.330 e. The average Bonchev–Trinajstić information content (AvgIpc) is 3.61. The van der Waals surface area contributed by atoms with Crippen LogP contribution in [-0.2, 0) is 23.9 Å². The second kappa shape index (κ2) is 16.8. The zero-order valence-electron chi connectivity index (χ0n) is 31.3. The standard InChI is InChI=1S/C38H61N7O7S/c1-22-27(10-8-12-30(22)46)33(47)40-28-11-7-5-3-4-6-9-24-20-38(24,37(50)51)41-34(48)29-19-25(21-44(29)36(28)49)45-42-31(23-13-15-26(52-2)16-14-23)32(43-45)35-39-17-18-53-35/h6,9,22-32,35,39,42-43,46H,3-5,7-8,10-21H2,1-2H3,(H,40,47)(H,41,48)(H,50,51)/b9-6-/t22?,23?,24-,25-,26?,27?,28-,29+,30?,31?,32?,35?,38+/m1/s1. The van der Waals surface area contributed by atoms with E-state index in [1.165, 1.54) is 0 Å². The highest BCUT2D eigenvalue weighted by atomic mass is 32.2. The lowest BCUT2D eigenvalue weighted by Gasteiger charge is -2.35. The van der Waals surface area contributed by atoms with Crippen LogP contribution in [0.4, 0.5) is 0 Å². The number of amides is 3. The first-order valence-electron chi connectivity index (χ1n) is 20.3. The quantitative estimate of drug-likeness (QED) is 0.187. The van der Waals surface area contributed by atoms with E-state index in [-0.39, 0.29) is 59.8 Å². The van der Waals surface area contributed by atoms with Gasteiger partial charge in [0.05, 0.1) is 29.7 Å². The number of nitrogens with one attached hydrogen (secondary N) is 5. The Bertz CT molecular complexity index is 1380. The van der Waals surface area contributed by atoms with Crippen molar-refractivity contribution in [2.24, 2.45) is 23.7 Å². The maximum absolute atomic E-state index is 14.8. The van der Waals surface area contributed by atoms with Gasteiger partial charge in [0.2, 0.25) is 17.7 Å². The second-order valence-electron chi connectivity index (χ2n) is 16.8.